The van der Waals surface area contributed by atoms with E-state index < -0.39 is 0 Å². The first-order valence-corrected chi connectivity index (χ1v) is 8.27. The third kappa shape index (κ3) is 3.36. The highest BCUT2D eigenvalue weighted by atomic mass is 79.9. The van der Waals surface area contributed by atoms with E-state index in [4.69, 9.17) is 4.42 Å². The van der Waals surface area contributed by atoms with E-state index in [1.165, 1.54) is 4.88 Å². The number of hydrogen-bond donors (Lipinski definition) is 1. The summed E-state index contributed by atoms with van der Waals surface area (Å²) in [7, 11) is 0. The zero-order valence-electron chi connectivity index (χ0n) is 11.8. The van der Waals surface area contributed by atoms with Gasteiger partial charge in [0.15, 0.2) is 5.89 Å². The van der Waals surface area contributed by atoms with E-state index in [1.807, 2.05) is 6.92 Å². The van der Waals surface area contributed by atoms with Gasteiger partial charge >= 0.3 is 0 Å². The summed E-state index contributed by atoms with van der Waals surface area (Å²) in [4.78, 5) is 5.64. The van der Waals surface area contributed by atoms with Crippen molar-refractivity contribution in [3.05, 3.63) is 57.2 Å². The van der Waals surface area contributed by atoms with Crippen LogP contribution in [-0.2, 0) is 0 Å². The van der Waals surface area contributed by atoms with Gasteiger partial charge in [0.1, 0.15) is 12.0 Å². The first kappa shape index (κ1) is 14.4. The summed E-state index contributed by atoms with van der Waals surface area (Å²) < 4.78 is 6.40. The van der Waals surface area contributed by atoms with E-state index >= 15 is 0 Å². The zero-order valence-corrected chi connectivity index (χ0v) is 14.2. The number of nitrogens with zero attached hydrogens (tertiary/aromatic N) is 1. The van der Waals surface area contributed by atoms with Crippen molar-refractivity contribution in [2.45, 2.75) is 19.9 Å². The molecule has 0 aliphatic carbocycles. The molecule has 0 aliphatic rings. The second-order valence-electron chi connectivity index (χ2n) is 4.84. The molecule has 3 aromatic rings. The lowest BCUT2D eigenvalue weighted by molar-refractivity contribution is 0.521. The Morgan fingerprint density at radius 1 is 1.19 bits per heavy atom. The van der Waals surface area contributed by atoms with E-state index in [1.54, 1.807) is 17.6 Å². The minimum atomic E-state index is 0.279. The molecule has 0 spiro atoms. The molecule has 0 radical (unpaired) electrons. The molecule has 2 heterocycles. The zero-order chi connectivity index (χ0) is 14.8. The maximum Gasteiger partial charge on any atom is 0.191 e. The molecule has 0 fully saturated rings. The SMILES string of the molecule is Cc1nc(-c2ccc(NC(C)c3ccc(Br)s3)cc2)co1. The van der Waals surface area contributed by atoms with Gasteiger partial charge in [-0.2, -0.15) is 0 Å². The Bertz CT molecular complexity index is 733. The van der Waals surface area contributed by atoms with Crippen molar-refractivity contribution in [3.63, 3.8) is 0 Å². The van der Waals surface area contributed by atoms with Gasteiger partial charge in [-0.05, 0) is 47.1 Å². The Balaban J connectivity index is 1.72. The van der Waals surface area contributed by atoms with Crippen molar-refractivity contribution in [3.8, 4) is 11.3 Å². The molecule has 0 saturated heterocycles. The Morgan fingerprint density at radius 3 is 2.52 bits per heavy atom. The van der Waals surface area contributed by atoms with Gasteiger partial charge in [-0.25, -0.2) is 4.98 Å². The second-order valence-corrected chi connectivity index (χ2v) is 7.33. The van der Waals surface area contributed by atoms with Crippen LogP contribution in [0.2, 0.25) is 0 Å². The van der Waals surface area contributed by atoms with E-state index in [9.17, 15) is 0 Å². The van der Waals surface area contributed by atoms with Gasteiger partial charge in [0, 0.05) is 23.1 Å². The Hall–Kier alpha value is -1.59. The molecule has 5 heteroatoms. The number of anilines is 1. The predicted octanol–water partition coefficient (Wildman–Crippen LogP) is 5.65. The van der Waals surface area contributed by atoms with Gasteiger partial charge in [0.2, 0.25) is 0 Å². The summed E-state index contributed by atoms with van der Waals surface area (Å²) in [6.45, 7) is 4.01. The fourth-order valence-corrected chi connectivity index (χ4v) is 3.54. The highest BCUT2D eigenvalue weighted by molar-refractivity contribution is 9.11. The molecule has 0 amide bonds. The number of thiophene rings is 1. The van der Waals surface area contributed by atoms with Crippen LogP contribution in [-0.4, -0.2) is 4.98 Å². The number of rotatable bonds is 4. The average molecular weight is 363 g/mol. The largest absolute Gasteiger partial charge is 0.449 e. The molecule has 1 atom stereocenters. The van der Waals surface area contributed by atoms with Crippen LogP contribution in [0.15, 0.2) is 50.9 Å². The molecule has 3 nitrogen and oxygen atoms in total. The lowest BCUT2D eigenvalue weighted by Crippen LogP contribution is -2.04. The van der Waals surface area contributed by atoms with Crippen LogP contribution >= 0.6 is 27.3 Å². The maximum atomic E-state index is 5.24. The maximum absolute atomic E-state index is 5.24. The minimum Gasteiger partial charge on any atom is -0.449 e. The van der Waals surface area contributed by atoms with Crippen molar-refractivity contribution in [1.82, 2.24) is 4.98 Å². The van der Waals surface area contributed by atoms with E-state index in [-0.39, 0.29) is 6.04 Å². The van der Waals surface area contributed by atoms with Gasteiger partial charge in [-0.1, -0.05) is 12.1 Å². The number of nitrogens with one attached hydrogen (secondary N) is 1. The van der Waals surface area contributed by atoms with Crippen LogP contribution in [0.5, 0.6) is 0 Å². The highest BCUT2D eigenvalue weighted by Gasteiger charge is 2.08. The number of aryl methyl sites for hydroxylation is 1. The molecule has 0 saturated carbocycles. The minimum absolute atomic E-state index is 0.279. The lowest BCUT2D eigenvalue weighted by Gasteiger charge is -2.13. The topological polar surface area (TPSA) is 38.1 Å². The second kappa shape index (κ2) is 6.03. The number of oxazole rings is 1. The average Bonchev–Trinajstić information content (AvgIpc) is 3.08. The molecule has 21 heavy (non-hydrogen) atoms. The molecule has 1 unspecified atom stereocenters. The first-order chi connectivity index (χ1) is 10.1. The molecular formula is C16H15BrN2OS. The third-order valence-corrected chi connectivity index (χ3v) is 5.01. The third-order valence-electron chi connectivity index (χ3n) is 3.20. The molecular weight excluding hydrogens is 348 g/mol. The standard InChI is InChI=1S/C16H15BrN2OS/c1-10(15-7-8-16(17)21-15)18-13-5-3-12(4-6-13)14-9-20-11(2)19-14/h3-10,18H,1-2H3. The Labute approximate surface area is 136 Å². The van der Waals surface area contributed by atoms with Gasteiger partial charge < -0.3 is 9.73 Å². The van der Waals surface area contributed by atoms with Crippen molar-refractivity contribution >= 4 is 33.0 Å². The molecule has 108 valence electrons. The van der Waals surface area contributed by atoms with Gasteiger partial charge in [0.25, 0.3) is 0 Å². The first-order valence-electron chi connectivity index (χ1n) is 6.66. The highest BCUT2D eigenvalue weighted by Crippen LogP contribution is 2.29. The smallest absolute Gasteiger partial charge is 0.191 e. The molecule has 1 aromatic carbocycles. The fourth-order valence-electron chi connectivity index (χ4n) is 2.12. The summed E-state index contributed by atoms with van der Waals surface area (Å²) in [5, 5.41) is 3.50. The van der Waals surface area contributed by atoms with Crippen molar-refractivity contribution < 1.29 is 4.42 Å². The predicted molar refractivity (Wildman–Crippen MR) is 90.7 cm³/mol. The van der Waals surface area contributed by atoms with E-state index in [2.05, 4.69) is 69.6 Å². The molecule has 2 aromatic heterocycles. The van der Waals surface area contributed by atoms with Crippen molar-refractivity contribution in [2.75, 3.05) is 5.32 Å². The van der Waals surface area contributed by atoms with Gasteiger partial charge in [-0.3, -0.25) is 0 Å². The Kier molecular flexibility index (Phi) is 4.12. The van der Waals surface area contributed by atoms with Crippen LogP contribution in [0.3, 0.4) is 0 Å². The van der Waals surface area contributed by atoms with Gasteiger partial charge in [-0.15, -0.1) is 11.3 Å². The molecule has 3 rings (SSSR count). The molecule has 0 aliphatic heterocycles. The monoisotopic (exact) mass is 362 g/mol. The Morgan fingerprint density at radius 2 is 1.95 bits per heavy atom. The quantitative estimate of drug-likeness (QED) is 0.651. The summed E-state index contributed by atoms with van der Waals surface area (Å²) in [6, 6.07) is 12.7. The van der Waals surface area contributed by atoms with Crippen LogP contribution in [0.1, 0.15) is 23.7 Å². The van der Waals surface area contributed by atoms with Crippen LogP contribution in [0, 0.1) is 6.92 Å². The molecule has 1 N–H and O–H groups in total. The van der Waals surface area contributed by atoms with E-state index in [0.717, 1.165) is 20.7 Å². The fraction of sp³-hybridized carbons (Fsp3) is 0.188. The molecule has 0 bridgehead atoms. The van der Waals surface area contributed by atoms with Crippen molar-refractivity contribution in [2.24, 2.45) is 0 Å². The summed E-state index contributed by atoms with van der Waals surface area (Å²) in [5.41, 5.74) is 3.02. The number of halogens is 1. The normalized spacial score (nSPS) is 12.3. The summed E-state index contributed by atoms with van der Waals surface area (Å²) in [5.74, 6) is 0.684. The van der Waals surface area contributed by atoms with Crippen LogP contribution < -0.4 is 5.32 Å². The number of hydrogen-bond acceptors (Lipinski definition) is 4. The van der Waals surface area contributed by atoms with Gasteiger partial charge in [0.05, 0.1) is 9.83 Å². The van der Waals surface area contributed by atoms with Crippen LogP contribution in [0.25, 0.3) is 11.3 Å². The number of benzene rings is 1. The summed E-state index contributed by atoms with van der Waals surface area (Å²) in [6.07, 6.45) is 1.68. The number of aromatic nitrogens is 1. The van der Waals surface area contributed by atoms with Crippen LogP contribution in [0.4, 0.5) is 5.69 Å². The van der Waals surface area contributed by atoms with Crippen molar-refractivity contribution in [1.29, 1.82) is 0 Å². The lowest BCUT2D eigenvalue weighted by atomic mass is 10.1. The van der Waals surface area contributed by atoms with E-state index in [0.29, 0.717) is 5.89 Å². The summed E-state index contributed by atoms with van der Waals surface area (Å²) >= 11 is 5.25.